The van der Waals surface area contributed by atoms with E-state index < -0.39 is 5.60 Å². The Morgan fingerprint density at radius 2 is 1.86 bits per heavy atom. The zero-order valence-corrected chi connectivity index (χ0v) is 14.1. The van der Waals surface area contributed by atoms with Gasteiger partial charge in [-0.3, -0.25) is 4.68 Å². The summed E-state index contributed by atoms with van der Waals surface area (Å²) in [6, 6.07) is 0.234. The van der Waals surface area contributed by atoms with Gasteiger partial charge in [-0.25, -0.2) is 0 Å². The summed E-state index contributed by atoms with van der Waals surface area (Å²) in [5, 5.41) is 18.9. The van der Waals surface area contributed by atoms with Crippen LogP contribution in [0, 0.1) is 13.8 Å². The SMILES string of the molecule is CCn1nc(C)c(C(C)NCC2(O)CCCCCC2)c1C. The molecule has 0 aliphatic heterocycles. The summed E-state index contributed by atoms with van der Waals surface area (Å²) in [4.78, 5) is 0. The van der Waals surface area contributed by atoms with Gasteiger partial charge >= 0.3 is 0 Å². The van der Waals surface area contributed by atoms with Gasteiger partial charge in [0.15, 0.2) is 0 Å². The minimum Gasteiger partial charge on any atom is -0.389 e. The van der Waals surface area contributed by atoms with Crippen molar-refractivity contribution in [2.75, 3.05) is 6.54 Å². The van der Waals surface area contributed by atoms with Crippen LogP contribution in [0.25, 0.3) is 0 Å². The summed E-state index contributed by atoms with van der Waals surface area (Å²) >= 11 is 0. The molecule has 0 radical (unpaired) electrons. The number of rotatable bonds is 5. The number of nitrogens with zero attached hydrogens (tertiary/aromatic N) is 2. The van der Waals surface area contributed by atoms with Crippen molar-refractivity contribution in [1.29, 1.82) is 0 Å². The number of hydrogen-bond acceptors (Lipinski definition) is 3. The second-order valence-corrected chi connectivity index (χ2v) is 6.64. The first-order valence-corrected chi connectivity index (χ1v) is 8.46. The van der Waals surface area contributed by atoms with Crippen molar-refractivity contribution in [3.8, 4) is 0 Å². The highest BCUT2D eigenvalue weighted by Gasteiger charge is 2.29. The predicted octanol–water partition coefficient (Wildman–Crippen LogP) is 3.26. The first-order chi connectivity index (χ1) is 9.97. The fraction of sp³-hybridized carbons (Fsp3) is 0.824. The fourth-order valence-corrected chi connectivity index (χ4v) is 3.65. The number of aliphatic hydroxyl groups is 1. The van der Waals surface area contributed by atoms with Gasteiger partial charge in [0.1, 0.15) is 0 Å². The second kappa shape index (κ2) is 6.93. The quantitative estimate of drug-likeness (QED) is 0.819. The van der Waals surface area contributed by atoms with E-state index in [2.05, 4.69) is 42.8 Å². The third kappa shape index (κ3) is 3.86. The van der Waals surface area contributed by atoms with Crippen molar-refractivity contribution >= 4 is 0 Å². The van der Waals surface area contributed by atoms with Crippen molar-refractivity contribution in [2.45, 2.75) is 84.4 Å². The Kier molecular flexibility index (Phi) is 5.44. The molecular formula is C17H31N3O. The number of aromatic nitrogens is 2. The molecular weight excluding hydrogens is 262 g/mol. The standard InChI is InChI=1S/C17H31N3O/c1-5-20-15(4)16(14(3)19-20)13(2)18-12-17(21)10-8-6-7-9-11-17/h13,18,21H,5-12H2,1-4H3. The van der Waals surface area contributed by atoms with E-state index in [0.29, 0.717) is 6.54 Å². The Balaban J connectivity index is 2.01. The predicted molar refractivity (Wildman–Crippen MR) is 86.4 cm³/mol. The van der Waals surface area contributed by atoms with E-state index >= 15 is 0 Å². The van der Waals surface area contributed by atoms with E-state index in [-0.39, 0.29) is 6.04 Å². The molecule has 4 heteroatoms. The van der Waals surface area contributed by atoms with Crippen molar-refractivity contribution in [3.63, 3.8) is 0 Å². The maximum Gasteiger partial charge on any atom is 0.0771 e. The summed E-state index contributed by atoms with van der Waals surface area (Å²) in [6.07, 6.45) is 6.69. The van der Waals surface area contributed by atoms with Crippen LogP contribution >= 0.6 is 0 Å². The molecule has 4 nitrogen and oxygen atoms in total. The Morgan fingerprint density at radius 3 is 2.38 bits per heavy atom. The monoisotopic (exact) mass is 293 g/mol. The Morgan fingerprint density at radius 1 is 1.24 bits per heavy atom. The number of nitrogens with one attached hydrogen (secondary N) is 1. The molecule has 0 aromatic carbocycles. The molecule has 1 aromatic heterocycles. The van der Waals surface area contributed by atoms with Crippen molar-refractivity contribution in [1.82, 2.24) is 15.1 Å². The van der Waals surface area contributed by atoms with Crippen LogP contribution in [-0.4, -0.2) is 27.0 Å². The van der Waals surface area contributed by atoms with Crippen LogP contribution in [0.3, 0.4) is 0 Å². The maximum atomic E-state index is 10.8. The average molecular weight is 293 g/mol. The van der Waals surface area contributed by atoms with Gasteiger partial charge in [0, 0.05) is 30.4 Å². The minimum atomic E-state index is -0.521. The Hall–Kier alpha value is -0.870. The number of aryl methyl sites for hydroxylation is 2. The Bertz CT molecular complexity index is 459. The van der Waals surface area contributed by atoms with Gasteiger partial charge in [-0.15, -0.1) is 0 Å². The summed E-state index contributed by atoms with van der Waals surface area (Å²) in [6.45, 7) is 10.1. The molecule has 1 aliphatic carbocycles. The molecule has 2 N–H and O–H groups in total. The van der Waals surface area contributed by atoms with Crippen molar-refractivity contribution in [3.05, 3.63) is 17.0 Å². The maximum absolute atomic E-state index is 10.8. The molecule has 1 saturated carbocycles. The normalized spacial score (nSPS) is 20.2. The highest BCUT2D eigenvalue weighted by molar-refractivity contribution is 5.27. The molecule has 1 aliphatic rings. The van der Waals surface area contributed by atoms with Crippen LogP contribution in [-0.2, 0) is 6.54 Å². The van der Waals surface area contributed by atoms with Gasteiger partial charge in [0.2, 0.25) is 0 Å². The van der Waals surface area contributed by atoms with Crippen LogP contribution in [0.4, 0.5) is 0 Å². The van der Waals surface area contributed by atoms with Gasteiger partial charge < -0.3 is 10.4 Å². The van der Waals surface area contributed by atoms with E-state index in [9.17, 15) is 5.11 Å². The van der Waals surface area contributed by atoms with Crippen LogP contribution < -0.4 is 5.32 Å². The van der Waals surface area contributed by atoms with Crippen LogP contribution in [0.5, 0.6) is 0 Å². The first kappa shape index (κ1) is 16.5. The highest BCUT2D eigenvalue weighted by atomic mass is 16.3. The molecule has 0 bridgehead atoms. The largest absolute Gasteiger partial charge is 0.389 e. The lowest BCUT2D eigenvalue weighted by Gasteiger charge is -2.29. The third-order valence-electron chi connectivity index (χ3n) is 4.94. The highest BCUT2D eigenvalue weighted by Crippen LogP contribution is 2.28. The molecule has 0 amide bonds. The van der Waals surface area contributed by atoms with Crippen LogP contribution in [0.1, 0.15) is 75.4 Å². The Labute approximate surface area is 128 Å². The van der Waals surface area contributed by atoms with Gasteiger partial charge in [-0.05, 0) is 40.5 Å². The first-order valence-electron chi connectivity index (χ1n) is 8.46. The van der Waals surface area contributed by atoms with E-state index in [4.69, 9.17) is 0 Å². The van der Waals surface area contributed by atoms with E-state index in [1.807, 2.05) is 0 Å². The molecule has 1 atom stereocenters. The van der Waals surface area contributed by atoms with Gasteiger partial charge in [0.25, 0.3) is 0 Å². The lowest BCUT2D eigenvalue weighted by molar-refractivity contribution is 0.0231. The summed E-state index contributed by atoms with van der Waals surface area (Å²) in [7, 11) is 0. The molecule has 1 unspecified atom stereocenters. The summed E-state index contributed by atoms with van der Waals surface area (Å²) < 4.78 is 2.06. The van der Waals surface area contributed by atoms with Gasteiger partial charge in [-0.2, -0.15) is 5.10 Å². The van der Waals surface area contributed by atoms with Crippen molar-refractivity contribution in [2.24, 2.45) is 0 Å². The summed E-state index contributed by atoms with van der Waals surface area (Å²) in [5.41, 5.74) is 3.10. The van der Waals surface area contributed by atoms with Crippen LogP contribution in [0.2, 0.25) is 0 Å². The van der Waals surface area contributed by atoms with E-state index in [1.165, 1.54) is 24.1 Å². The van der Waals surface area contributed by atoms with Crippen LogP contribution in [0.15, 0.2) is 0 Å². The zero-order chi connectivity index (χ0) is 15.5. The van der Waals surface area contributed by atoms with E-state index in [1.54, 1.807) is 0 Å². The molecule has 21 heavy (non-hydrogen) atoms. The average Bonchev–Trinajstić information content (AvgIpc) is 2.62. The molecule has 0 saturated heterocycles. The molecule has 1 fully saturated rings. The minimum absolute atomic E-state index is 0.234. The van der Waals surface area contributed by atoms with Crippen molar-refractivity contribution < 1.29 is 5.11 Å². The third-order valence-corrected chi connectivity index (χ3v) is 4.94. The number of hydrogen-bond donors (Lipinski definition) is 2. The van der Waals surface area contributed by atoms with E-state index in [0.717, 1.165) is 37.9 Å². The second-order valence-electron chi connectivity index (χ2n) is 6.64. The lowest BCUT2D eigenvalue weighted by atomic mass is 9.93. The summed E-state index contributed by atoms with van der Waals surface area (Å²) in [5.74, 6) is 0. The molecule has 0 spiro atoms. The molecule has 2 rings (SSSR count). The topological polar surface area (TPSA) is 50.1 Å². The molecule has 1 aromatic rings. The van der Waals surface area contributed by atoms with Gasteiger partial charge in [-0.1, -0.05) is 25.7 Å². The van der Waals surface area contributed by atoms with Gasteiger partial charge in [0.05, 0.1) is 11.3 Å². The fourth-order valence-electron chi connectivity index (χ4n) is 3.65. The molecule has 1 heterocycles. The zero-order valence-electron chi connectivity index (χ0n) is 14.1. The smallest absolute Gasteiger partial charge is 0.0771 e. The lowest BCUT2D eigenvalue weighted by Crippen LogP contribution is -2.41. The molecule has 120 valence electrons.